The molecule has 2 aromatic heterocycles. The summed E-state index contributed by atoms with van der Waals surface area (Å²) >= 11 is 0. The molecule has 4 heterocycles. The number of nitrogens with one attached hydrogen (secondary N) is 1. The topological polar surface area (TPSA) is 83.1 Å². The summed E-state index contributed by atoms with van der Waals surface area (Å²) in [5.41, 5.74) is 0.195. The molecule has 128 valence electrons. The Balaban J connectivity index is 1.53. The molecule has 2 saturated heterocycles. The highest BCUT2D eigenvalue weighted by atomic mass is 16.5. The lowest BCUT2D eigenvalue weighted by Gasteiger charge is -2.51. The van der Waals surface area contributed by atoms with Crippen LogP contribution in [0, 0.1) is 12.3 Å². The molecular formula is C16H23N7O. The molecule has 24 heavy (non-hydrogen) atoms. The second-order valence-electron chi connectivity index (χ2n) is 6.89. The molecule has 2 aliphatic heterocycles. The Morgan fingerprint density at radius 2 is 2.17 bits per heavy atom. The fourth-order valence-corrected chi connectivity index (χ4v) is 4.01. The lowest BCUT2D eigenvalue weighted by molar-refractivity contribution is 0.191. The number of rotatable bonds is 4. The third-order valence-corrected chi connectivity index (χ3v) is 5.00. The van der Waals surface area contributed by atoms with Crippen molar-refractivity contribution >= 4 is 5.82 Å². The van der Waals surface area contributed by atoms with Crippen LogP contribution in [-0.4, -0.2) is 69.9 Å². The standard InChI is InChI=1S/C16H23N7O/c1-4-24-14-5-13(17-10-18-14)23-8-16(9-23)7-22(3)6-12(16)15-19-11(2)20-21-15/h5,10,12H,4,6-9H2,1-3H3,(H,19,20,21). The maximum Gasteiger partial charge on any atom is 0.218 e. The molecular weight excluding hydrogens is 306 g/mol. The summed E-state index contributed by atoms with van der Waals surface area (Å²) in [6.07, 6.45) is 1.57. The fourth-order valence-electron chi connectivity index (χ4n) is 4.01. The van der Waals surface area contributed by atoms with Gasteiger partial charge in [-0.05, 0) is 20.9 Å². The van der Waals surface area contributed by atoms with Gasteiger partial charge in [0.2, 0.25) is 5.88 Å². The third kappa shape index (κ3) is 2.50. The van der Waals surface area contributed by atoms with Gasteiger partial charge in [-0.3, -0.25) is 5.10 Å². The van der Waals surface area contributed by atoms with Gasteiger partial charge in [0.1, 0.15) is 18.0 Å². The van der Waals surface area contributed by atoms with E-state index in [1.807, 2.05) is 19.9 Å². The van der Waals surface area contributed by atoms with E-state index in [2.05, 4.69) is 42.0 Å². The van der Waals surface area contributed by atoms with Crippen LogP contribution in [0.2, 0.25) is 0 Å². The molecule has 8 heteroatoms. The van der Waals surface area contributed by atoms with E-state index in [0.717, 1.165) is 43.6 Å². The number of hydrogen-bond acceptors (Lipinski definition) is 7. The van der Waals surface area contributed by atoms with Gasteiger partial charge in [0.25, 0.3) is 0 Å². The summed E-state index contributed by atoms with van der Waals surface area (Å²) in [5, 5.41) is 7.40. The number of hydrogen-bond donors (Lipinski definition) is 1. The predicted octanol–water partition coefficient (Wildman–Crippen LogP) is 0.837. The van der Waals surface area contributed by atoms with Crippen LogP contribution in [-0.2, 0) is 0 Å². The number of nitrogens with zero attached hydrogens (tertiary/aromatic N) is 6. The van der Waals surface area contributed by atoms with Gasteiger partial charge in [-0.25, -0.2) is 15.0 Å². The van der Waals surface area contributed by atoms with Gasteiger partial charge < -0.3 is 14.5 Å². The highest BCUT2D eigenvalue weighted by molar-refractivity contribution is 5.46. The van der Waals surface area contributed by atoms with E-state index in [0.29, 0.717) is 18.4 Å². The molecule has 8 nitrogen and oxygen atoms in total. The first-order valence-corrected chi connectivity index (χ1v) is 8.37. The molecule has 0 aromatic carbocycles. The molecule has 1 spiro atoms. The Bertz CT molecular complexity index is 725. The number of aromatic nitrogens is 5. The van der Waals surface area contributed by atoms with Crippen LogP contribution in [0.5, 0.6) is 5.88 Å². The summed E-state index contributed by atoms with van der Waals surface area (Å²) in [6.45, 7) is 8.49. The van der Waals surface area contributed by atoms with Gasteiger partial charge in [0.15, 0.2) is 5.82 Å². The minimum absolute atomic E-state index is 0.195. The van der Waals surface area contributed by atoms with Gasteiger partial charge in [-0.15, -0.1) is 0 Å². The van der Waals surface area contributed by atoms with Gasteiger partial charge >= 0.3 is 0 Å². The minimum atomic E-state index is 0.195. The Labute approximate surface area is 141 Å². The molecule has 0 aliphatic carbocycles. The van der Waals surface area contributed by atoms with Crippen molar-refractivity contribution in [1.82, 2.24) is 30.0 Å². The van der Waals surface area contributed by atoms with E-state index in [9.17, 15) is 0 Å². The average Bonchev–Trinajstić information content (AvgIpc) is 3.09. The molecule has 1 unspecified atom stereocenters. The smallest absolute Gasteiger partial charge is 0.218 e. The monoisotopic (exact) mass is 329 g/mol. The lowest BCUT2D eigenvalue weighted by Crippen LogP contribution is -2.60. The van der Waals surface area contributed by atoms with Crippen molar-refractivity contribution in [3.05, 3.63) is 24.0 Å². The van der Waals surface area contributed by atoms with E-state index >= 15 is 0 Å². The van der Waals surface area contributed by atoms with E-state index in [-0.39, 0.29) is 5.41 Å². The summed E-state index contributed by atoms with van der Waals surface area (Å²) < 4.78 is 5.48. The highest BCUT2D eigenvalue weighted by Gasteiger charge is 2.55. The summed E-state index contributed by atoms with van der Waals surface area (Å²) in [4.78, 5) is 17.8. The normalized spacial score (nSPS) is 22.8. The largest absolute Gasteiger partial charge is 0.478 e. The molecule has 0 radical (unpaired) electrons. The van der Waals surface area contributed by atoms with Crippen molar-refractivity contribution in [1.29, 1.82) is 0 Å². The zero-order chi connectivity index (χ0) is 16.7. The van der Waals surface area contributed by atoms with Crippen LogP contribution < -0.4 is 9.64 Å². The first kappa shape index (κ1) is 15.3. The summed E-state index contributed by atoms with van der Waals surface area (Å²) in [6, 6.07) is 1.92. The molecule has 2 fully saturated rings. The summed E-state index contributed by atoms with van der Waals surface area (Å²) in [5.74, 6) is 3.74. The van der Waals surface area contributed by atoms with Crippen molar-refractivity contribution in [2.75, 3.05) is 44.7 Å². The molecule has 4 rings (SSSR count). The van der Waals surface area contributed by atoms with Crippen LogP contribution in [0.25, 0.3) is 0 Å². The van der Waals surface area contributed by atoms with E-state index in [1.165, 1.54) is 0 Å². The zero-order valence-electron chi connectivity index (χ0n) is 14.4. The maximum absolute atomic E-state index is 5.48. The Morgan fingerprint density at radius 3 is 2.88 bits per heavy atom. The van der Waals surface area contributed by atoms with Crippen molar-refractivity contribution in [3.63, 3.8) is 0 Å². The number of aryl methyl sites for hydroxylation is 1. The lowest BCUT2D eigenvalue weighted by atomic mass is 9.71. The molecule has 0 saturated carbocycles. The Kier molecular flexibility index (Phi) is 3.64. The van der Waals surface area contributed by atoms with Crippen molar-refractivity contribution < 1.29 is 4.74 Å². The number of likely N-dealkylation sites (tertiary alicyclic amines) is 1. The van der Waals surface area contributed by atoms with Gasteiger partial charge in [-0.2, -0.15) is 5.10 Å². The van der Waals surface area contributed by atoms with Gasteiger partial charge in [0.05, 0.1) is 6.61 Å². The Hall–Kier alpha value is -2.22. The van der Waals surface area contributed by atoms with Crippen molar-refractivity contribution in [2.24, 2.45) is 5.41 Å². The molecule has 2 aromatic rings. The number of ether oxygens (including phenoxy) is 1. The van der Waals surface area contributed by atoms with E-state index in [1.54, 1.807) is 6.33 Å². The maximum atomic E-state index is 5.48. The second kappa shape index (κ2) is 5.70. The van der Waals surface area contributed by atoms with Crippen LogP contribution in [0.4, 0.5) is 5.82 Å². The number of likely N-dealkylation sites (N-methyl/N-ethyl adjacent to an activating group) is 1. The SMILES string of the molecule is CCOc1cc(N2CC3(CN(C)CC3c3n[nH]c(C)n3)C2)ncn1. The zero-order valence-corrected chi connectivity index (χ0v) is 14.4. The molecule has 2 aliphatic rings. The number of H-pyrrole nitrogens is 1. The molecule has 0 bridgehead atoms. The van der Waals surface area contributed by atoms with Gasteiger partial charge in [0, 0.05) is 43.6 Å². The second-order valence-corrected chi connectivity index (χ2v) is 6.89. The highest BCUT2D eigenvalue weighted by Crippen LogP contribution is 2.48. The van der Waals surface area contributed by atoms with Crippen LogP contribution >= 0.6 is 0 Å². The third-order valence-electron chi connectivity index (χ3n) is 5.00. The Morgan fingerprint density at radius 1 is 1.33 bits per heavy atom. The van der Waals surface area contributed by atoms with Crippen LogP contribution in [0.15, 0.2) is 12.4 Å². The summed E-state index contributed by atoms with van der Waals surface area (Å²) in [7, 11) is 2.17. The minimum Gasteiger partial charge on any atom is -0.478 e. The van der Waals surface area contributed by atoms with Crippen LogP contribution in [0.3, 0.4) is 0 Å². The van der Waals surface area contributed by atoms with Crippen molar-refractivity contribution in [2.45, 2.75) is 19.8 Å². The molecule has 0 amide bonds. The first-order valence-electron chi connectivity index (χ1n) is 8.37. The fraction of sp³-hybridized carbons (Fsp3) is 0.625. The van der Waals surface area contributed by atoms with Crippen LogP contribution in [0.1, 0.15) is 24.5 Å². The predicted molar refractivity (Wildman–Crippen MR) is 89.2 cm³/mol. The molecule has 1 N–H and O–H groups in total. The van der Waals surface area contributed by atoms with E-state index in [4.69, 9.17) is 4.74 Å². The quantitative estimate of drug-likeness (QED) is 0.890. The number of anilines is 1. The van der Waals surface area contributed by atoms with Crippen molar-refractivity contribution in [3.8, 4) is 5.88 Å². The molecule has 1 atom stereocenters. The first-order chi connectivity index (χ1) is 11.6. The van der Waals surface area contributed by atoms with E-state index < -0.39 is 0 Å². The number of aromatic amines is 1. The van der Waals surface area contributed by atoms with Gasteiger partial charge in [-0.1, -0.05) is 0 Å². The average molecular weight is 329 g/mol.